The third-order valence-electron chi connectivity index (χ3n) is 30.9. The highest BCUT2D eigenvalue weighted by Crippen LogP contribution is 2.51. The van der Waals surface area contributed by atoms with Gasteiger partial charge in [-0.05, 0) is 255 Å². The molecule has 4 aromatic heterocycles. The van der Waals surface area contributed by atoms with Crippen molar-refractivity contribution in [3.63, 3.8) is 0 Å². The van der Waals surface area contributed by atoms with Crippen molar-refractivity contribution in [2.24, 2.45) is 0 Å². The highest BCUT2D eigenvalue weighted by atomic mass is 19.3. The summed E-state index contributed by atoms with van der Waals surface area (Å²) in [4.78, 5) is 28.6. The van der Waals surface area contributed by atoms with E-state index in [0.29, 0.717) is 103 Å². The highest BCUT2D eigenvalue weighted by molar-refractivity contribution is 5.89. The van der Waals surface area contributed by atoms with Gasteiger partial charge in [-0.1, -0.05) is 77.6 Å². The molecule has 12 N–H and O–H groups in total. The molecular weight excluding hydrogens is 1950 g/mol. The normalized spacial score (nSPS) is 21.5. The lowest BCUT2D eigenvalue weighted by atomic mass is 9.87. The summed E-state index contributed by atoms with van der Waals surface area (Å²) >= 11 is 0. The van der Waals surface area contributed by atoms with Crippen LogP contribution in [0, 0.1) is 52.4 Å². The van der Waals surface area contributed by atoms with Gasteiger partial charge in [0.1, 0.15) is 77.8 Å². The van der Waals surface area contributed by atoms with Crippen LogP contribution in [0.25, 0.3) is 43.6 Å². The number of halogens is 16. The Kier molecular flexibility index (Phi) is 34.0. The summed E-state index contributed by atoms with van der Waals surface area (Å²) in [5.74, 6) is -15.4. The van der Waals surface area contributed by atoms with E-state index >= 15 is 26.3 Å². The summed E-state index contributed by atoms with van der Waals surface area (Å²) in [6, 6.07) is 31.4. The van der Waals surface area contributed by atoms with Crippen LogP contribution < -0.4 is 21.3 Å². The minimum Gasteiger partial charge on any atom is -0.393 e. The molecule has 8 aliphatic heterocycles. The van der Waals surface area contributed by atoms with Gasteiger partial charge in [-0.25, -0.2) is 70.2 Å². The number of fused-ring (bicyclic) bond motifs is 12. The van der Waals surface area contributed by atoms with Crippen LogP contribution in [0.15, 0.2) is 140 Å². The molecule has 8 aromatic carbocycles. The summed E-state index contributed by atoms with van der Waals surface area (Å²) in [5, 5.41) is 53.2. The molecule has 0 radical (unpaired) electrons. The molecule has 0 aliphatic carbocycles. The summed E-state index contributed by atoms with van der Waals surface area (Å²) in [6.45, 7) is 21.3. The van der Waals surface area contributed by atoms with E-state index in [-0.39, 0.29) is 65.7 Å². The minimum atomic E-state index is -3.48. The number of aromatic amines is 4. The second kappa shape index (κ2) is 46.2. The maximum Gasteiger partial charge on any atom is 0.283 e. The number of nitrogens with one attached hydrogen (secondary N) is 8. The van der Waals surface area contributed by atoms with Gasteiger partial charge in [0.2, 0.25) is 0 Å². The average Bonchev–Trinajstić information content (AvgIpc) is 1.61. The molecule has 36 heteroatoms. The van der Waals surface area contributed by atoms with E-state index in [9.17, 15) is 64.3 Å². The molecule has 0 bridgehead atoms. The first-order valence-electron chi connectivity index (χ1n) is 52.5. The van der Waals surface area contributed by atoms with E-state index in [2.05, 4.69) is 88.5 Å². The number of benzene rings is 8. The number of anilines is 4. The largest absolute Gasteiger partial charge is 0.393 e. The first kappa shape index (κ1) is 110. The number of hydrogen-bond donors (Lipinski definition) is 12. The van der Waals surface area contributed by atoms with Crippen LogP contribution in [-0.2, 0) is 25.7 Å². The summed E-state index contributed by atoms with van der Waals surface area (Å²) in [6.07, 6.45) is 10.7. The molecule has 8 aliphatic rings. The average molecular weight is 2090 g/mol. The zero-order chi connectivity index (χ0) is 106. The first-order chi connectivity index (χ1) is 71.2. The Morgan fingerprint density at radius 1 is 0.322 bits per heavy atom. The number of rotatable bonds is 36. The summed E-state index contributed by atoms with van der Waals surface area (Å²) in [5.41, 5.74) is 8.66. The summed E-state index contributed by atoms with van der Waals surface area (Å²) in [7, 11) is 0. The Morgan fingerprint density at radius 3 is 1.01 bits per heavy atom. The Morgan fingerprint density at radius 2 is 0.638 bits per heavy atom. The van der Waals surface area contributed by atoms with E-state index in [1.807, 2.05) is 38.1 Å². The zero-order valence-corrected chi connectivity index (χ0v) is 85.7. The number of H-pyrrole nitrogens is 4. The van der Waals surface area contributed by atoms with Crippen molar-refractivity contribution < 1.29 is 90.7 Å². The minimum absolute atomic E-state index is 0.0705. The van der Waals surface area contributed by atoms with Crippen LogP contribution in [0.2, 0.25) is 0 Å². The Bertz CT molecular complexity index is 6570. The quantitative estimate of drug-likeness (QED) is 0.0164. The third kappa shape index (κ3) is 24.4. The van der Waals surface area contributed by atoms with E-state index in [1.54, 1.807) is 60.0 Å². The number of alkyl halides is 7. The molecule has 20 rings (SSSR count). The lowest BCUT2D eigenvalue weighted by Crippen LogP contribution is -2.54. The van der Waals surface area contributed by atoms with E-state index < -0.39 is 152 Å². The molecule has 4 saturated heterocycles. The highest BCUT2D eigenvalue weighted by Gasteiger charge is 2.49. The molecular formula is C113H138F16N16O4. The molecule has 20 nitrogen and oxygen atoms in total. The van der Waals surface area contributed by atoms with Gasteiger partial charge in [0.05, 0.1) is 74.6 Å². The third-order valence-corrected chi connectivity index (χ3v) is 30.9. The maximum atomic E-state index is 15.8. The predicted octanol–water partition coefficient (Wildman–Crippen LogP) is 21.5. The number of aromatic nitrogens is 4. The number of hydrogen-bond acceptors (Lipinski definition) is 16. The second-order valence-corrected chi connectivity index (χ2v) is 42.8. The van der Waals surface area contributed by atoms with E-state index in [1.165, 1.54) is 108 Å². The number of unbranched alkanes of at least 4 members (excludes halogenated alkanes) is 4. The van der Waals surface area contributed by atoms with Crippen molar-refractivity contribution in [2.45, 2.75) is 235 Å². The second-order valence-electron chi connectivity index (χ2n) is 42.8. The Labute approximate surface area is 858 Å². The number of likely N-dealkylation sites (tertiary alicyclic amines) is 4. The van der Waals surface area contributed by atoms with Gasteiger partial charge < -0.3 is 61.6 Å². The van der Waals surface area contributed by atoms with Crippen LogP contribution in [0.1, 0.15) is 205 Å². The van der Waals surface area contributed by atoms with Crippen LogP contribution >= 0.6 is 0 Å². The molecule has 4 fully saturated rings. The molecule has 0 amide bonds. The Hall–Kier alpha value is -10.5. The van der Waals surface area contributed by atoms with Crippen LogP contribution in [0.5, 0.6) is 0 Å². The smallest absolute Gasteiger partial charge is 0.283 e. The van der Waals surface area contributed by atoms with E-state index in [0.717, 1.165) is 156 Å². The van der Waals surface area contributed by atoms with Crippen molar-refractivity contribution in [2.75, 3.05) is 152 Å². The van der Waals surface area contributed by atoms with Gasteiger partial charge >= 0.3 is 0 Å². The lowest BCUT2D eigenvalue weighted by molar-refractivity contribution is -0.0870. The molecule has 9 unspecified atom stereocenters. The SMILES string of the molecule is CCCCN1CC(Nc2cc(F)c(C3c4[nH]c5ccc(F)cc5c4CC(C)N3CC(F)(F)CO)c(F)c2)C1.CCCCN1CC(Nc2cc(F)c(C3c4[nH]c5cccc(F)c5c4CC(C)N3CC(C)(F)CO)c(F)c2)C1.CCCCN1CC(Nc2ccc(C3c4[nH]c5ccc(F)cc5c4CC(C)N3CC(F)(F)CO)c(F)c2)C1.CCCCN1CC(Nc2ccc(C3c4[nH]c5ccc(F)cc5c4CC(C)N3CC(F)(F)CO)cc2)C1. The van der Waals surface area contributed by atoms with Crippen molar-refractivity contribution in [3.05, 3.63) is 259 Å². The standard InChI is InChI=1S/C29H36F4N4O.C28H33F5N4O.C28H34F4N4O.C28H35F3N4O/c1-4-5-9-36-13-19(14-36)34-18-11-22(31)26(23(32)12-18)28-27-20(25-21(30)7-6-8-24(25)35-27)10-17(2)37(28)15-29(3,33)16-38;1-3-4-7-36-12-19(13-36)34-18-10-22(30)25(23(31)11-18)27-26-21(20-9-17(29)5-6-24(20)35-26)8-16(2)37(27)14-28(32,33)15-38;1-3-4-9-35-13-20(14-35)33-19-6-7-21(24(30)12-19)27-26-23(22-11-18(29)5-8-25(22)34-26)10-17(2)36(27)15-28(31,32)16-37;1-3-4-11-34-14-22(15-34)32-21-8-5-19(6-9-21)27-26-24(23-13-20(29)7-10-25(23)33-26)12-18(2)35(27)16-28(30,31)17-36/h6-8,11-12,17,19,28,34-35,38H,4-5,9-10,13-16H2,1-3H3;5-6,9-11,16,19,27,34-35,38H,3-4,7-8,12-15H2,1-2H3;5-8,11-12,17,20,27,33-34,37H,3-4,9-10,13-16H2,1-2H3;5-10,13,18,22,27,32-33,36H,3-4,11-12,14-17H2,1-2H3. The van der Waals surface area contributed by atoms with Gasteiger partial charge in [-0.2, -0.15) is 0 Å². The molecule has 0 saturated carbocycles. The Balaban J connectivity index is 0.000000135. The topological polar surface area (TPSA) is 218 Å². The van der Waals surface area contributed by atoms with Gasteiger partial charge in [0.25, 0.3) is 17.8 Å². The molecule has 149 heavy (non-hydrogen) atoms. The number of nitrogens with zero attached hydrogens (tertiary/aromatic N) is 8. The fourth-order valence-electron chi connectivity index (χ4n) is 23.1. The first-order valence-corrected chi connectivity index (χ1v) is 52.5. The van der Waals surface area contributed by atoms with Crippen LogP contribution in [-0.4, -0.2) is 282 Å². The van der Waals surface area contributed by atoms with Crippen molar-refractivity contribution in [1.82, 2.24) is 59.1 Å². The van der Waals surface area contributed by atoms with Crippen LogP contribution in [0.4, 0.5) is 93.0 Å². The van der Waals surface area contributed by atoms with Crippen molar-refractivity contribution in [1.29, 1.82) is 0 Å². The van der Waals surface area contributed by atoms with Crippen molar-refractivity contribution >= 4 is 66.4 Å². The van der Waals surface area contributed by atoms with Crippen molar-refractivity contribution in [3.8, 4) is 0 Å². The van der Waals surface area contributed by atoms with Gasteiger partial charge in [-0.15, -0.1) is 0 Å². The van der Waals surface area contributed by atoms with Gasteiger partial charge in [-0.3, -0.25) is 39.2 Å². The van der Waals surface area contributed by atoms with Gasteiger partial charge in [0.15, 0.2) is 0 Å². The molecule has 806 valence electrons. The predicted molar refractivity (Wildman–Crippen MR) is 553 cm³/mol. The zero-order valence-electron chi connectivity index (χ0n) is 85.7. The fourth-order valence-corrected chi connectivity index (χ4v) is 23.1. The lowest BCUT2D eigenvalue weighted by Gasteiger charge is -2.43. The van der Waals surface area contributed by atoms with Crippen LogP contribution in [0.3, 0.4) is 0 Å². The molecule has 0 spiro atoms. The van der Waals surface area contributed by atoms with Gasteiger partial charge in [0, 0.05) is 189 Å². The monoisotopic (exact) mass is 2090 g/mol. The molecule has 9 atom stereocenters. The molecule has 12 aromatic rings. The number of aliphatic hydroxyl groups is 4. The maximum absolute atomic E-state index is 15.8. The molecule has 12 heterocycles. The number of aliphatic hydroxyl groups excluding tert-OH is 4. The fraction of sp³-hybridized carbons (Fsp3) is 0.504. The summed E-state index contributed by atoms with van der Waals surface area (Å²) < 4.78 is 238. The van der Waals surface area contributed by atoms with E-state index in [4.69, 9.17) is 0 Å².